The van der Waals surface area contributed by atoms with Crippen LogP contribution in [0.2, 0.25) is 0 Å². The molecule has 3 aliphatic rings. The van der Waals surface area contributed by atoms with Crippen molar-refractivity contribution in [3.05, 3.63) is 47.2 Å². The number of nitrogens with zero attached hydrogens (tertiary/aromatic N) is 1. The summed E-state index contributed by atoms with van der Waals surface area (Å²) in [5, 5.41) is 12.2. The van der Waals surface area contributed by atoms with Crippen molar-refractivity contribution >= 4 is 17.6 Å². The Hall–Kier alpha value is -3.09. The van der Waals surface area contributed by atoms with Gasteiger partial charge in [0.05, 0.1) is 29.9 Å². The van der Waals surface area contributed by atoms with Crippen LogP contribution in [0.3, 0.4) is 0 Å². The number of carboxylic acid groups (broad SMARTS) is 1. The largest absolute Gasteiger partial charge is 0.489 e. The third-order valence-corrected chi connectivity index (χ3v) is 6.28. The van der Waals surface area contributed by atoms with E-state index in [0.29, 0.717) is 25.3 Å². The fraction of sp³-hybridized carbons (Fsp3) is 0.409. The van der Waals surface area contributed by atoms with E-state index in [9.17, 15) is 14.7 Å². The van der Waals surface area contributed by atoms with Gasteiger partial charge in [0.2, 0.25) is 11.8 Å². The van der Waals surface area contributed by atoms with Crippen molar-refractivity contribution in [3.63, 3.8) is 0 Å². The maximum Gasteiger partial charge on any atom is 0.335 e. The van der Waals surface area contributed by atoms with Gasteiger partial charge < -0.3 is 19.9 Å². The normalized spacial score (nSPS) is 25.0. The molecule has 1 fully saturated rings. The summed E-state index contributed by atoms with van der Waals surface area (Å²) < 4.78 is 11.7. The van der Waals surface area contributed by atoms with Crippen molar-refractivity contribution in [1.29, 1.82) is 0 Å². The molecular formula is C22H22N2O5. The lowest BCUT2D eigenvalue weighted by Crippen LogP contribution is -2.41. The molecule has 0 unspecified atom stereocenters. The molecule has 1 aromatic carbocycles. The number of carboxylic acids is 1. The number of aromatic carboxylic acids is 1. The summed E-state index contributed by atoms with van der Waals surface area (Å²) in [6.07, 6.45) is 6.32. The zero-order valence-electron chi connectivity index (χ0n) is 15.9. The van der Waals surface area contributed by atoms with Gasteiger partial charge in [0.25, 0.3) is 0 Å². The van der Waals surface area contributed by atoms with Crippen molar-refractivity contribution < 1.29 is 24.2 Å². The summed E-state index contributed by atoms with van der Waals surface area (Å²) in [6, 6.07) is 6.86. The van der Waals surface area contributed by atoms with Gasteiger partial charge in [-0.3, -0.25) is 4.79 Å². The van der Waals surface area contributed by atoms with Crippen LogP contribution in [0.5, 0.6) is 11.6 Å². The van der Waals surface area contributed by atoms with E-state index in [-0.39, 0.29) is 17.6 Å². The molecule has 1 aromatic heterocycles. The summed E-state index contributed by atoms with van der Waals surface area (Å²) in [4.78, 5) is 28.5. The maximum absolute atomic E-state index is 12.8. The number of carbonyl (C=O) groups excluding carboxylic acids is 1. The van der Waals surface area contributed by atoms with Gasteiger partial charge in [0, 0.05) is 11.3 Å². The molecule has 1 spiro atoms. The second-order valence-corrected chi connectivity index (χ2v) is 8.01. The molecule has 150 valence electrons. The van der Waals surface area contributed by atoms with Crippen molar-refractivity contribution in [2.24, 2.45) is 0 Å². The van der Waals surface area contributed by atoms with Crippen LogP contribution in [0.25, 0.3) is 0 Å². The Morgan fingerprint density at radius 3 is 2.90 bits per heavy atom. The number of fused-ring (bicyclic) bond motifs is 3. The number of hydrogen-bond acceptors (Lipinski definition) is 5. The summed E-state index contributed by atoms with van der Waals surface area (Å²) in [6.45, 7) is 0.706. The first-order valence-electron chi connectivity index (χ1n) is 10.0. The highest BCUT2D eigenvalue weighted by Crippen LogP contribution is 2.48. The Kier molecular flexibility index (Phi) is 4.19. The van der Waals surface area contributed by atoms with Gasteiger partial charge in [0.15, 0.2) is 0 Å². The third kappa shape index (κ3) is 3.01. The van der Waals surface area contributed by atoms with Crippen LogP contribution in [0.4, 0.5) is 5.69 Å². The number of nitrogens with one attached hydrogen (secondary N) is 1. The van der Waals surface area contributed by atoms with Crippen molar-refractivity contribution in [1.82, 2.24) is 4.98 Å². The summed E-state index contributed by atoms with van der Waals surface area (Å²) in [5.74, 6) is 0.406. The molecule has 2 N–H and O–H groups in total. The highest BCUT2D eigenvalue weighted by molar-refractivity contribution is 6.07. The van der Waals surface area contributed by atoms with E-state index in [0.717, 1.165) is 48.2 Å². The smallest absolute Gasteiger partial charge is 0.335 e. The van der Waals surface area contributed by atoms with Crippen molar-refractivity contribution in [3.8, 4) is 11.6 Å². The molecule has 7 heteroatoms. The van der Waals surface area contributed by atoms with Crippen LogP contribution in [0.1, 0.15) is 53.6 Å². The van der Waals surface area contributed by atoms with Gasteiger partial charge >= 0.3 is 5.97 Å². The molecular weight excluding hydrogens is 372 g/mol. The van der Waals surface area contributed by atoms with E-state index in [4.69, 9.17) is 9.47 Å². The van der Waals surface area contributed by atoms with Crippen molar-refractivity contribution in [2.75, 3.05) is 11.9 Å². The zero-order valence-corrected chi connectivity index (χ0v) is 15.9. The second kappa shape index (κ2) is 6.76. The molecule has 2 aromatic rings. The average molecular weight is 394 g/mol. The van der Waals surface area contributed by atoms with Gasteiger partial charge in [-0.25, -0.2) is 9.78 Å². The molecule has 0 bridgehead atoms. The number of ether oxygens (including phenoxy) is 2. The maximum atomic E-state index is 12.8. The molecule has 2 aliphatic heterocycles. The number of pyridine rings is 1. The fourth-order valence-electron chi connectivity index (χ4n) is 4.72. The fourth-order valence-corrected chi connectivity index (χ4v) is 4.72. The Labute approximate surface area is 168 Å². The van der Waals surface area contributed by atoms with Crippen LogP contribution >= 0.6 is 0 Å². The quantitative estimate of drug-likeness (QED) is 0.829. The number of rotatable bonds is 3. The molecule has 3 heterocycles. The first-order valence-corrected chi connectivity index (χ1v) is 10.0. The standard InChI is InChI=1S/C22H22N2O5/c25-20(26)14-3-4-18-17(11-14)22(21(27)24-18)7-5-15(6-8-22)29-16-10-13-2-1-9-28-19(13)23-12-16/h3-4,10-12,15H,1-2,5-9H2,(H,24,27)(H,25,26). The minimum absolute atomic E-state index is 0.00416. The van der Waals surface area contributed by atoms with Gasteiger partial charge in [-0.05, 0) is 68.4 Å². The number of aromatic nitrogens is 1. The van der Waals surface area contributed by atoms with Gasteiger partial charge in [-0.2, -0.15) is 0 Å². The Balaban J connectivity index is 1.32. The summed E-state index contributed by atoms with van der Waals surface area (Å²) in [7, 11) is 0. The zero-order chi connectivity index (χ0) is 20.0. The molecule has 1 amide bonds. The van der Waals surface area contributed by atoms with E-state index < -0.39 is 11.4 Å². The lowest BCUT2D eigenvalue weighted by molar-refractivity contribution is -0.122. The molecule has 7 nitrogen and oxygen atoms in total. The summed E-state index contributed by atoms with van der Waals surface area (Å²) >= 11 is 0. The van der Waals surface area contributed by atoms with Crippen LogP contribution in [0, 0.1) is 0 Å². The predicted octanol–water partition coefficient (Wildman–Crippen LogP) is 3.32. The topological polar surface area (TPSA) is 97.8 Å². The summed E-state index contributed by atoms with van der Waals surface area (Å²) in [5.41, 5.74) is 2.14. The average Bonchev–Trinajstić information content (AvgIpc) is 3.00. The molecule has 1 aliphatic carbocycles. The Bertz CT molecular complexity index is 995. The number of aryl methyl sites for hydroxylation is 1. The first kappa shape index (κ1) is 18.0. The number of benzene rings is 1. The van der Waals surface area contributed by atoms with E-state index in [1.807, 2.05) is 6.07 Å². The highest BCUT2D eigenvalue weighted by Gasteiger charge is 2.49. The highest BCUT2D eigenvalue weighted by atomic mass is 16.5. The van der Waals surface area contributed by atoms with Gasteiger partial charge in [-0.1, -0.05) is 0 Å². The molecule has 1 saturated carbocycles. The van der Waals surface area contributed by atoms with E-state index in [1.54, 1.807) is 18.3 Å². The first-order chi connectivity index (χ1) is 14.0. The SMILES string of the molecule is O=C(O)c1ccc2c(c1)C1(CCC(Oc3cnc4c(c3)CCCO4)CC1)C(=O)N2. The molecule has 5 rings (SSSR count). The number of anilines is 1. The monoisotopic (exact) mass is 394 g/mol. The lowest BCUT2D eigenvalue weighted by Gasteiger charge is -2.35. The van der Waals surface area contributed by atoms with E-state index >= 15 is 0 Å². The van der Waals surface area contributed by atoms with E-state index in [1.165, 1.54) is 6.07 Å². The van der Waals surface area contributed by atoms with Crippen LogP contribution < -0.4 is 14.8 Å². The third-order valence-electron chi connectivity index (χ3n) is 6.28. The van der Waals surface area contributed by atoms with Gasteiger partial charge in [0.1, 0.15) is 5.75 Å². The predicted molar refractivity (Wildman–Crippen MR) is 105 cm³/mol. The van der Waals surface area contributed by atoms with Crippen LogP contribution in [-0.4, -0.2) is 34.7 Å². The minimum atomic E-state index is -0.983. The van der Waals surface area contributed by atoms with Crippen LogP contribution in [0.15, 0.2) is 30.5 Å². The Morgan fingerprint density at radius 2 is 2.10 bits per heavy atom. The van der Waals surface area contributed by atoms with Gasteiger partial charge in [-0.15, -0.1) is 0 Å². The van der Waals surface area contributed by atoms with E-state index in [2.05, 4.69) is 10.3 Å². The second-order valence-electron chi connectivity index (χ2n) is 8.01. The molecule has 29 heavy (non-hydrogen) atoms. The number of hydrogen-bond donors (Lipinski definition) is 2. The van der Waals surface area contributed by atoms with Crippen molar-refractivity contribution in [2.45, 2.75) is 50.0 Å². The molecule has 0 radical (unpaired) electrons. The number of amides is 1. The van der Waals surface area contributed by atoms with Crippen LogP contribution in [-0.2, 0) is 16.6 Å². The number of carbonyl (C=O) groups is 2. The molecule has 0 saturated heterocycles. The lowest BCUT2D eigenvalue weighted by atomic mass is 9.69. The molecule has 0 atom stereocenters. The Morgan fingerprint density at radius 1 is 1.28 bits per heavy atom. The minimum Gasteiger partial charge on any atom is -0.489 e.